The maximum absolute atomic E-state index is 15.2. The van der Waals surface area contributed by atoms with Crippen LogP contribution in [0.2, 0.25) is 0 Å². The molecule has 166 valence electrons. The molecular formula is C24H16F3N3O2S. The van der Waals surface area contributed by atoms with Crippen LogP contribution < -0.4 is 15.9 Å². The van der Waals surface area contributed by atoms with E-state index < -0.39 is 28.4 Å². The summed E-state index contributed by atoms with van der Waals surface area (Å²) in [5.74, 6) is -2.31. The van der Waals surface area contributed by atoms with E-state index in [0.29, 0.717) is 11.6 Å². The lowest BCUT2D eigenvalue weighted by Crippen LogP contribution is -2.16. The molecule has 0 bridgehead atoms. The first-order valence-electron chi connectivity index (χ1n) is 9.89. The number of rotatable bonds is 3. The van der Waals surface area contributed by atoms with Crippen molar-refractivity contribution in [1.29, 1.82) is 0 Å². The Morgan fingerprint density at radius 3 is 2.30 bits per heavy atom. The number of benzene rings is 3. The van der Waals surface area contributed by atoms with E-state index in [2.05, 4.69) is 4.37 Å². The molecule has 0 aliphatic rings. The molecule has 0 saturated heterocycles. The van der Waals surface area contributed by atoms with E-state index in [1.54, 1.807) is 12.1 Å². The number of pyridine rings is 1. The average Bonchev–Trinajstić information content (AvgIpc) is 3.16. The van der Waals surface area contributed by atoms with Crippen molar-refractivity contribution < 1.29 is 13.2 Å². The van der Waals surface area contributed by atoms with Crippen molar-refractivity contribution in [1.82, 2.24) is 8.94 Å². The van der Waals surface area contributed by atoms with Gasteiger partial charge in [-0.1, -0.05) is 12.1 Å². The summed E-state index contributed by atoms with van der Waals surface area (Å²) < 4.78 is 47.4. The fraction of sp³-hybridized carbons (Fsp3) is 0.0833. The Balaban J connectivity index is 1.90. The number of aromatic nitrogens is 2. The Morgan fingerprint density at radius 1 is 0.909 bits per heavy atom. The third kappa shape index (κ3) is 3.32. The molecule has 0 unspecified atom stereocenters. The molecule has 3 aromatic carbocycles. The number of anilines is 1. The van der Waals surface area contributed by atoms with Gasteiger partial charge in [0, 0.05) is 36.8 Å². The Bertz CT molecular complexity index is 1670. The van der Waals surface area contributed by atoms with Gasteiger partial charge in [-0.3, -0.25) is 18.5 Å². The van der Waals surface area contributed by atoms with Crippen LogP contribution in [0.25, 0.3) is 37.9 Å². The molecule has 2 aromatic heterocycles. The summed E-state index contributed by atoms with van der Waals surface area (Å²) in [6, 6.07) is 12.7. The van der Waals surface area contributed by atoms with Gasteiger partial charge in [0.05, 0.1) is 11.2 Å². The van der Waals surface area contributed by atoms with E-state index in [1.807, 2.05) is 31.1 Å². The molecule has 0 aliphatic heterocycles. The number of nitrogens with one attached hydrogen (secondary N) is 1. The fourth-order valence-corrected chi connectivity index (χ4v) is 4.75. The van der Waals surface area contributed by atoms with Crippen LogP contribution in [0.4, 0.5) is 18.9 Å². The minimum atomic E-state index is -0.886. The van der Waals surface area contributed by atoms with Crippen molar-refractivity contribution in [2.75, 3.05) is 19.0 Å². The zero-order valence-corrected chi connectivity index (χ0v) is 18.3. The second kappa shape index (κ2) is 7.63. The lowest BCUT2D eigenvalue weighted by molar-refractivity contribution is 0.579. The normalized spacial score (nSPS) is 11.4. The minimum absolute atomic E-state index is 0.0674. The van der Waals surface area contributed by atoms with Crippen LogP contribution in [0.15, 0.2) is 64.2 Å². The van der Waals surface area contributed by atoms with Gasteiger partial charge >= 0.3 is 0 Å². The first-order chi connectivity index (χ1) is 15.8. The van der Waals surface area contributed by atoms with Crippen LogP contribution in [0.1, 0.15) is 0 Å². The summed E-state index contributed by atoms with van der Waals surface area (Å²) in [5, 5.41) is -0.292. The maximum atomic E-state index is 15.2. The predicted molar refractivity (Wildman–Crippen MR) is 125 cm³/mol. The predicted octanol–water partition coefficient (Wildman–Crippen LogP) is 5.04. The highest BCUT2D eigenvalue weighted by atomic mass is 32.1. The van der Waals surface area contributed by atoms with E-state index in [9.17, 15) is 18.4 Å². The quantitative estimate of drug-likeness (QED) is 0.404. The van der Waals surface area contributed by atoms with E-state index in [-0.39, 0.29) is 32.4 Å². The summed E-state index contributed by atoms with van der Waals surface area (Å²) in [4.78, 5) is 27.4. The molecule has 5 nitrogen and oxygen atoms in total. The monoisotopic (exact) mass is 467 g/mol. The van der Waals surface area contributed by atoms with E-state index in [0.717, 1.165) is 29.4 Å². The Hall–Kier alpha value is -3.85. The Labute approximate surface area is 189 Å². The van der Waals surface area contributed by atoms with Crippen molar-refractivity contribution in [3.8, 4) is 16.8 Å². The number of halogens is 3. The largest absolute Gasteiger partial charge is 0.378 e. The summed E-state index contributed by atoms with van der Waals surface area (Å²) in [6.45, 7) is 0. The molecule has 1 N–H and O–H groups in total. The van der Waals surface area contributed by atoms with Gasteiger partial charge in [-0.15, -0.1) is 0 Å². The SMILES string of the molecule is CN(C)c1ccc(-c2cc3c(cc2F)c(=O)c2c(=O)[nH]sc2n3-c2ccc(F)cc2F)cc1. The smallest absolute Gasteiger partial charge is 0.271 e. The van der Waals surface area contributed by atoms with Crippen LogP contribution >= 0.6 is 11.5 Å². The molecule has 0 spiro atoms. The van der Waals surface area contributed by atoms with Gasteiger partial charge in [0.1, 0.15) is 27.7 Å². The van der Waals surface area contributed by atoms with Crippen molar-refractivity contribution in [3.05, 3.63) is 92.6 Å². The van der Waals surface area contributed by atoms with E-state index in [4.69, 9.17) is 0 Å². The fourth-order valence-electron chi connectivity index (χ4n) is 3.89. The van der Waals surface area contributed by atoms with Gasteiger partial charge in [-0.05, 0) is 53.5 Å². The molecule has 2 heterocycles. The summed E-state index contributed by atoms with van der Waals surface area (Å²) in [7, 11) is 3.77. The third-order valence-corrected chi connectivity index (χ3v) is 6.40. The van der Waals surface area contributed by atoms with Gasteiger partial charge in [0.15, 0.2) is 0 Å². The van der Waals surface area contributed by atoms with Crippen molar-refractivity contribution >= 4 is 38.3 Å². The van der Waals surface area contributed by atoms with E-state index >= 15 is 4.39 Å². The van der Waals surface area contributed by atoms with Crippen LogP contribution in [-0.2, 0) is 0 Å². The molecule has 0 atom stereocenters. The van der Waals surface area contributed by atoms with Crippen molar-refractivity contribution in [3.63, 3.8) is 0 Å². The molecule has 9 heteroatoms. The lowest BCUT2D eigenvalue weighted by atomic mass is 10.0. The molecule has 0 fully saturated rings. The standard InChI is InChI=1S/C24H16F3N3O2S/c1-29(2)14-6-3-12(4-7-14)15-11-20-16(10-17(15)26)22(31)21-23(32)28-33-24(21)30(20)19-8-5-13(25)9-18(19)27/h3-11H,1-2H3,(H,28,32). The highest BCUT2D eigenvalue weighted by Crippen LogP contribution is 2.32. The van der Waals surface area contributed by atoms with Crippen LogP contribution in [0, 0.1) is 17.5 Å². The van der Waals surface area contributed by atoms with Gasteiger partial charge < -0.3 is 4.90 Å². The van der Waals surface area contributed by atoms with Crippen LogP contribution in [-0.4, -0.2) is 23.0 Å². The number of H-pyrrole nitrogens is 1. The van der Waals surface area contributed by atoms with Crippen molar-refractivity contribution in [2.45, 2.75) is 0 Å². The number of fused-ring (bicyclic) bond motifs is 2. The maximum Gasteiger partial charge on any atom is 0.271 e. The average molecular weight is 467 g/mol. The van der Waals surface area contributed by atoms with Crippen molar-refractivity contribution in [2.24, 2.45) is 0 Å². The summed E-state index contributed by atoms with van der Waals surface area (Å²) in [5.41, 5.74) is 0.496. The molecular weight excluding hydrogens is 451 g/mol. The lowest BCUT2D eigenvalue weighted by Gasteiger charge is -2.16. The molecule has 0 radical (unpaired) electrons. The van der Waals surface area contributed by atoms with Crippen LogP contribution in [0.5, 0.6) is 0 Å². The molecule has 33 heavy (non-hydrogen) atoms. The Morgan fingerprint density at radius 2 is 1.64 bits per heavy atom. The third-order valence-electron chi connectivity index (χ3n) is 5.53. The molecule has 0 aliphatic carbocycles. The zero-order chi connectivity index (χ0) is 23.4. The molecule has 0 saturated carbocycles. The first kappa shape index (κ1) is 21.0. The van der Waals surface area contributed by atoms with Crippen LogP contribution in [0.3, 0.4) is 0 Å². The zero-order valence-electron chi connectivity index (χ0n) is 17.4. The summed E-state index contributed by atoms with van der Waals surface area (Å²) >= 11 is 0.854. The van der Waals surface area contributed by atoms with Gasteiger partial charge in [-0.25, -0.2) is 13.2 Å². The van der Waals surface area contributed by atoms with Gasteiger partial charge in [-0.2, -0.15) is 0 Å². The highest BCUT2D eigenvalue weighted by Gasteiger charge is 2.21. The van der Waals surface area contributed by atoms with E-state index in [1.165, 1.54) is 16.7 Å². The molecule has 5 rings (SSSR count). The molecule has 0 amide bonds. The number of hydrogen-bond acceptors (Lipinski definition) is 4. The topological polar surface area (TPSA) is 58.1 Å². The minimum Gasteiger partial charge on any atom is -0.378 e. The Kier molecular flexibility index (Phi) is 4.86. The highest BCUT2D eigenvalue weighted by molar-refractivity contribution is 7.12. The van der Waals surface area contributed by atoms with Gasteiger partial charge in [0.25, 0.3) is 5.56 Å². The molecule has 5 aromatic rings. The number of aromatic amines is 1. The second-order valence-corrected chi connectivity index (χ2v) is 8.56. The number of hydrogen-bond donors (Lipinski definition) is 1. The number of nitrogens with zero attached hydrogens (tertiary/aromatic N) is 2. The van der Waals surface area contributed by atoms with Gasteiger partial charge in [0.2, 0.25) is 5.43 Å². The first-order valence-corrected chi connectivity index (χ1v) is 10.7. The summed E-state index contributed by atoms with van der Waals surface area (Å²) in [6.07, 6.45) is 0. The second-order valence-electron chi connectivity index (χ2n) is 7.76.